The molecule has 0 saturated carbocycles. The minimum Gasteiger partial charge on any atom is -0.367 e. The lowest BCUT2D eigenvalue weighted by atomic mass is 9.94. The van der Waals surface area contributed by atoms with Crippen molar-refractivity contribution in [3.05, 3.63) is 12.0 Å². The predicted molar refractivity (Wildman–Crippen MR) is 75.9 cm³/mol. The van der Waals surface area contributed by atoms with E-state index in [1.54, 1.807) is 0 Å². The molecule has 0 bridgehead atoms. The number of aryl methyl sites for hydroxylation is 1. The molecule has 1 fully saturated rings. The molecule has 0 aromatic carbocycles. The minimum atomic E-state index is -3.78. The fraction of sp³-hybridized carbons (Fsp3) is 0.769. The van der Waals surface area contributed by atoms with Crippen LogP contribution >= 0.6 is 0 Å². The van der Waals surface area contributed by atoms with E-state index in [-0.39, 0.29) is 22.3 Å². The number of hydrogen-bond donors (Lipinski definition) is 1. The SMILES string of the molecule is CCc1nc(S(N)(=O)=O)cn1C1CC(C)(C)OC1(C)C. The van der Waals surface area contributed by atoms with Gasteiger partial charge in [0.1, 0.15) is 5.82 Å². The number of imidazole rings is 1. The molecule has 2 rings (SSSR count). The summed E-state index contributed by atoms with van der Waals surface area (Å²) in [6.45, 7) is 10.1. The van der Waals surface area contributed by atoms with Gasteiger partial charge in [0.05, 0.1) is 17.2 Å². The third-order valence-electron chi connectivity index (χ3n) is 3.76. The van der Waals surface area contributed by atoms with Crippen molar-refractivity contribution in [1.82, 2.24) is 9.55 Å². The van der Waals surface area contributed by atoms with Gasteiger partial charge in [0.25, 0.3) is 10.0 Å². The summed E-state index contributed by atoms with van der Waals surface area (Å²) in [6.07, 6.45) is 2.97. The molecule has 0 aliphatic carbocycles. The molecule has 0 radical (unpaired) electrons. The molecule has 6 nitrogen and oxygen atoms in total. The van der Waals surface area contributed by atoms with Crippen molar-refractivity contribution in [3.8, 4) is 0 Å². The van der Waals surface area contributed by atoms with Crippen LogP contribution in [0.4, 0.5) is 0 Å². The molecule has 1 aliphatic rings. The maximum Gasteiger partial charge on any atom is 0.257 e. The first kappa shape index (κ1) is 15.5. The summed E-state index contributed by atoms with van der Waals surface area (Å²) in [4.78, 5) is 4.15. The van der Waals surface area contributed by atoms with Crippen molar-refractivity contribution in [3.63, 3.8) is 0 Å². The van der Waals surface area contributed by atoms with Crippen molar-refractivity contribution in [1.29, 1.82) is 0 Å². The average Bonchev–Trinajstić information content (AvgIpc) is 2.75. The van der Waals surface area contributed by atoms with E-state index in [4.69, 9.17) is 9.88 Å². The number of rotatable bonds is 3. The third kappa shape index (κ3) is 2.75. The Hall–Kier alpha value is -0.920. The number of ether oxygens (including phenoxy) is 1. The third-order valence-corrected chi connectivity index (χ3v) is 4.54. The summed E-state index contributed by atoms with van der Waals surface area (Å²) in [5.74, 6) is 0.716. The van der Waals surface area contributed by atoms with E-state index in [1.165, 1.54) is 6.20 Å². The van der Waals surface area contributed by atoms with Crippen molar-refractivity contribution < 1.29 is 13.2 Å². The zero-order chi connectivity index (χ0) is 15.3. The molecule has 20 heavy (non-hydrogen) atoms. The molecule has 1 aromatic heterocycles. The highest BCUT2D eigenvalue weighted by Gasteiger charge is 2.47. The lowest BCUT2D eigenvalue weighted by Gasteiger charge is -2.28. The molecule has 114 valence electrons. The number of sulfonamides is 1. The first-order valence-corrected chi connectivity index (χ1v) is 8.31. The van der Waals surface area contributed by atoms with Crippen LogP contribution in [0, 0.1) is 0 Å². The number of primary sulfonamides is 1. The Labute approximate surface area is 120 Å². The molecular formula is C13H23N3O3S. The summed E-state index contributed by atoms with van der Waals surface area (Å²) in [5, 5.41) is 5.10. The van der Waals surface area contributed by atoms with Crippen LogP contribution in [0.2, 0.25) is 0 Å². The van der Waals surface area contributed by atoms with Gasteiger partial charge in [-0.15, -0.1) is 0 Å². The first-order chi connectivity index (χ1) is 8.96. The first-order valence-electron chi connectivity index (χ1n) is 6.77. The Kier molecular flexibility index (Phi) is 3.51. The molecule has 0 amide bonds. The summed E-state index contributed by atoms with van der Waals surface area (Å²) in [5.41, 5.74) is -0.630. The van der Waals surface area contributed by atoms with Gasteiger partial charge in [-0.05, 0) is 34.1 Å². The zero-order valence-corrected chi connectivity index (χ0v) is 13.5. The van der Waals surface area contributed by atoms with Crippen molar-refractivity contribution in [2.45, 2.75) is 69.7 Å². The van der Waals surface area contributed by atoms with Gasteiger partial charge in [-0.2, -0.15) is 0 Å². The van der Waals surface area contributed by atoms with Crippen molar-refractivity contribution in [2.75, 3.05) is 0 Å². The smallest absolute Gasteiger partial charge is 0.257 e. The van der Waals surface area contributed by atoms with Gasteiger partial charge >= 0.3 is 0 Å². The van der Waals surface area contributed by atoms with Crippen molar-refractivity contribution in [2.24, 2.45) is 5.14 Å². The Morgan fingerprint density at radius 3 is 2.45 bits per heavy atom. The van der Waals surface area contributed by atoms with Gasteiger partial charge in [0.2, 0.25) is 0 Å². The highest BCUT2D eigenvalue weighted by Crippen LogP contribution is 2.45. The lowest BCUT2D eigenvalue weighted by Crippen LogP contribution is -2.31. The molecule has 0 spiro atoms. The summed E-state index contributed by atoms with van der Waals surface area (Å²) >= 11 is 0. The second-order valence-electron chi connectivity index (χ2n) is 6.49. The maximum absolute atomic E-state index is 11.5. The molecule has 1 aromatic rings. The number of hydrogen-bond acceptors (Lipinski definition) is 4. The monoisotopic (exact) mass is 301 g/mol. The molecular weight excluding hydrogens is 278 g/mol. The highest BCUT2D eigenvalue weighted by atomic mass is 32.2. The Balaban J connectivity index is 2.50. The van der Waals surface area contributed by atoms with E-state index < -0.39 is 10.0 Å². The van der Waals surface area contributed by atoms with E-state index in [1.807, 2.05) is 39.2 Å². The largest absolute Gasteiger partial charge is 0.367 e. The van der Waals surface area contributed by atoms with E-state index >= 15 is 0 Å². The quantitative estimate of drug-likeness (QED) is 0.918. The molecule has 1 unspecified atom stereocenters. The molecule has 2 heterocycles. The van der Waals surface area contributed by atoms with Gasteiger partial charge in [-0.3, -0.25) is 0 Å². The second-order valence-corrected chi connectivity index (χ2v) is 7.99. The fourth-order valence-electron chi connectivity index (χ4n) is 3.04. The van der Waals surface area contributed by atoms with Crippen LogP contribution in [0.25, 0.3) is 0 Å². The summed E-state index contributed by atoms with van der Waals surface area (Å²) < 4.78 is 31.0. The lowest BCUT2D eigenvalue weighted by molar-refractivity contribution is -0.0731. The topological polar surface area (TPSA) is 87.2 Å². The summed E-state index contributed by atoms with van der Waals surface area (Å²) in [7, 11) is -3.78. The molecule has 1 atom stereocenters. The van der Waals surface area contributed by atoms with Crippen LogP contribution in [-0.4, -0.2) is 29.2 Å². The van der Waals surface area contributed by atoms with Crippen LogP contribution in [0.3, 0.4) is 0 Å². The predicted octanol–water partition coefficient (Wildman–Crippen LogP) is 1.61. The molecule has 2 N–H and O–H groups in total. The summed E-state index contributed by atoms with van der Waals surface area (Å²) in [6, 6.07) is 0.0375. The van der Waals surface area contributed by atoms with Gasteiger partial charge in [-0.25, -0.2) is 18.5 Å². The van der Waals surface area contributed by atoms with E-state index in [2.05, 4.69) is 4.98 Å². The van der Waals surface area contributed by atoms with E-state index in [0.717, 1.165) is 6.42 Å². The van der Waals surface area contributed by atoms with Gasteiger partial charge in [0.15, 0.2) is 5.03 Å². The van der Waals surface area contributed by atoms with Gasteiger partial charge in [0, 0.05) is 12.6 Å². The molecule has 1 aliphatic heterocycles. The van der Waals surface area contributed by atoms with E-state index in [9.17, 15) is 8.42 Å². The molecule has 7 heteroatoms. The van der Waals surface area contributed by atoms with Crippen LogP contribution < -0.4 is 5.14 Å². The highest BCUT2D eigenvalue weighted by molar-refractivity contribution is 7.89. The number of nitrogens with zero attached hydrogens (tertiary/aromatic N) is 2. The minimum absolute atomic E-state index is 0.0375. The maximum atomic E-state index is 11.5. The Morgan fingerprint density at radius 2 is 2.05 bits per heavy atom. The molecule has 1 saturated heterocycles. The normalized spacial score (nSPS) is 25.0. The van der Waals surface area contributed by atoms with E-state index in [0.29, 0.717) is 12.2 Å². The van der Waals surface area contributed by atoms with Crippen LogP contribution in [-0.2, 0) is 21.2 Å². The number of aromatic nitrogens is 2. The Morgan fingerprint density at radius 1 is 1.45 bits per heavy atom. The zero-order valence-electron chi connectivity index (χ0n) is 12.7. The van der Waals surface area contributed by atoms with Gasteiger partial charge < -0.3 is 9.30 Å². The van der Waals surface area contributed by atoms with Crippen LogP contribution in [0.1, 0.15) is 52.9 Å². The Bertz CT molecular complexity index is 617. The van der Waals surface area contributed by atoms with Gasteiger partial charge in [-0.1, -0.05) is 6.92 Å². The second kappa shape index (κ2) is 4.54. The number of nitrogens with two attached hydrogens (primary N) is 1. The van der Waals surface area contributed by atoms with Crippen molar-refractivity contribution >= 4 is 10.0 Å². The van der Waals surface area contributed by atoms with Crippen LogP contribution in [0.5, 0.6) is 0 Å². The average molecular weight is 301 g/mol. The van der Waals surface area contributed by atoms with Crippen LogP contribution in [0.15, 0.2) is 11.2 Å². The standard InChI is InChI=1S/C13H23N3O3S/c1-6-10-15-11(20(14,17)18)8-16(10)9-7-12(2,3)19-13(9,4)5/h8-9H,6-7H2,1-5H3,(H2,14,17,18). The fourth-order valence-corrected chi connectivity index (χ4v) is 3.54.